The van der Waals surface area contributed by atoms with Gasteiger partial charge in [-0.25, -0.2) is 0 Å². The molecule has 0 fully saturated rings. The Kier molecular flexibility index (Phi) is 6.87. The third kappa shape index (κ3) is 5.20. The number of hydrogen-bond donors (Lipinski definition) is 1. The molecule has 1 aromatic rings. The van der Waals surface area contributed by atoms with Gasteiger partial charge >= 0.3 is 0 Å². The summed E-state index contributed by atoms with van der Waals surface area (Å²) in [5, 5.41) is 14.4. The fourth-order valence-corrected chi connectivity index (χ4v) is 2.83. The predicted molar refractivity (Wildman–Crippen MR) is 81.7 cm³/mol. The lowest BCUT2D eigenvalue weighted by atomic mass is 10.1. The van der Waals surface area contributed by atoms with Gasteiger partial charge in [-0.05, 0) is 31.8 Å². The zero-order valence-corrected chi connectivity index (χ0v) is 12.6. The van der Waals surface area contributed by atoms with Crippen LogP contribution in [0.15, 0.2) is 24.3 Å². The molecule has 4 nitrogen and oxygen atoms in total. The standard InChI is InChI=1S/C14H22N2O2S/c1-4-19-10-9-11(2)15-12(3)13-7-5-6-8-14(13)16(17)18/h5-8,11-12,15H,4,9-10H2,1-3H3. The second kappa shape index (κ2) is 8.17. The summed E-state index contributed by atoms with van der Waals surface area (Å²) in [5.74, 6) is 2.25. The first kappa shape index (κ1) is 16.0. The zero-order valence-electron chi connectivity index (χ0n) is 11.8. The van der Waals surface area contributed by atoms with Gasteiger partial charge in [0.15, 0.2) is 0 Å². The lowest BCUT2D eigenvalue weighted by Crippen LogP contribution is -2.29. The monoisotopic (exact) mass is 282 g/mol. The minimum absolute atomic E-state index is 0.0109. The minimum atomic E-state index is -0.314. The van der Waals surface area contributed by atoms with Gasteiger partial charge < -0.3 is 5.32 Å². The van der Waals surface area contributed by atoms with Gasteiger partial charge in [-0.2, -0.15) is 11.8 Å². The van der Waals surface area contributed by atoms with Crippen molar-refractivity contribution >= 4 is 17.4 Å². The Labute approximate surface area is 119 Å². The van der Waals surface area contributed by atoms with Gasteiger partial charge in [0.2, 0.25) is 0 Å². The molecule has 2 unspecified atom stereocenters. The van der Waals surface area contributed by atoms with Crippen molar-refractivity contribution in [3.8, 4) is 0 Å². The topological polar surface area (TPSA) is 55.2 Å². The SMILES string of the molecule is CCSCCC(C)NC(C)c1ccccc1[N+](=O)[O-]. The number of nitro groups is 1. The van der Waals surface area contributed by atoms with E-state index in [1.54, 1.807) is 12.1 Å². The van der Waals surface area contributed by atoms with E-state index in [4.69, 9.17) is 0 Å². The number of hydrogen-bond acceptors (Lipinski definition) is 4. The fourth-order valence-electron chi connectivity index (χ4n) is 2.02. The van der Waals surface area contributed by atoms with E-state index in [-0.39, 0.29) is 16.7 Å². The number of rotatable bonds is 8. The van der Waals surface area contributed by atoms with E-state index in [9.17, 15) is 10.1 Å². The lowest BCUT2D eigenvalue weighted by molar-refractivity contribution is -0.385. The molecule has 0 spiro atoms. The molecule has 0 saturated heterocycles. The second-order valence-corrected chi connectivity index (χ2v) is 5.98. The highest BCUT2D eigenvalue weighted by molar-refractivity contribution is 7.99. The van der Waals surface area contributed by atoms with Crippen molar-refractivity contribution in [3.05, 3.63) is 39.9 Å². The van der Waals surface area contributed by atoms with Crippen LogP contribution in [0.4, 0.5) is 5.69 Å². The van der Waals surface area contributed by atoms with E-state index in [1.165, 1.54) is 0 Å². The Hall–Kier alpha value is -1.07. The number of nitrogens with one attached hydrogen (secondary N) is 1. The van der Waals surface area contributed by atoms with Crippen LogP contribution >= 0.6 is 11.8 Å². The number of thioether (sulfide) groups is 1. The van der Waals surface area contributed by atoms with E-state index in [1.807, 2.05) is 30.8 Å². The van der Waals surface area contributed by atoms with Gasteiger partial charge in [-0.15, -0.1) is 0 Å². The summed E-state index contributed by atoms with van der Waals surface area (Å²) in [5.41, 5.74) is 0.945. The second-order valence-electron chi connectivity index (χ2n) is 4.59. The number of nitro benzene ring substituents is 1. The first-order chi connectivity index (χ1) is 9.06. The molecule has 106 valence electrons. The van der Waals surface area contributed by atoms with Crippen LogP contribution in [-0.4, -0.2) is 22.5 Å². The van der Waals surface area contributed by atoms with Gasteiger partial charge in [-0.3, -0.25) is 10.1 Å². The van der Waals surface area contributed by atoms with E-state index >= 15 is 0 Å². The largest absolute Gasteiger partial charge is 0.307 e. The smallest absolute Gasteiger partial charge is 0.274 e. The highest BCUT2D eigenvalue weighted by Crippen LogP contribution is 2.24. The summed E-state index contributed by atoms with van der Waals surface area (Å²) in [6.07, 6.45) is 1.07. The highest BCUT2D eigenvalue weighted by Gasteiger charge is 2.18. The van der Waals surface area contributed by atoms with Crippen LogP contribution in [0.1, 0.15) is 38.8 Å². The Bertz CT molecular complexity index is 412. The molecule has 0 aliphatic carbocycles. The normalized spacial score (nSPS) is 14.1. The van der Waals surface area contributed by atoms with Crippen molar-refractivity contribution in [3.63, 3.8) is 0 Å². The van der Waals surface area contributed by atoms with Gasteiger partial charge in [0, 0.05) is 23.7 Å². The molecule has 0 amide bonds. The van der Waals surface area contributed by atoms with Crippen LogP contribution in [0.25, 0.3) is 0 Å². The maximum Gasteiger partial charge on any atom is 0.274 e. The molecule has 0 saturated carbocycles. The molecule has 1 aromatic carbocycles. The Morgan fingerprint density at radius 3 is 2.68 bits per heavy atom. The number of benzene rings is 1. The van der Waals surface area contributed by atoms with E-state index in [2.05, 4.69) is 19.2 Å². The third-order valence-electron chi connectivity index (χ3n) is 3.03. The van der Waals surface area contributed by atoms with E-state index < -0.39 is 0 Å². The first-order valence-electron chi connectivity index (χ1n) is 6.63. The van der Waals surface area contributed by atoms with E-state index in [0.29, 0.717) is 6.04 Å². The quantitative estimate of drug-likeness (QED) is 0.448. The summed E-state index contributed by atoms with van der Waals surface area (Å²) < 4.78 is 0. The average Bonchev–Trinajstić information content (AvgIpc) is 2.39. The molecule has 0 heterocycles. The Morgan fingerprint density at radius 1 is 1.37 bits per heavy atom. The predicted octanol–water partition coefficient (Wildman–Crippen LogP) is 3.78. The lowest BCUT2D eigenvalue weighted by Gasteiger charge is -2.20. The zero-order chi connectivity index (χ0) is 14.3. The summed E-state index contributed by atoms with van der Waals surface area (Å²) in [6, 6.07) is 7.28. The Morgan fingerprint density at radius 2 is 2.05 bits per heavy atom. The van der Waals surface area contributed by atoms with Crippen molar-refractivity contribution < 1.29 is 4.92 Å². The summed E-state index contributed by atoms with van der Waals surface area (Å²) >= 11 is 1.92. The van der Waals surface area contributed by atoms with Crippen LogP contribution < -0.4 is 5.32 Å². The van der Waals surface area contributed by atoms with Crippen LogP contribution in [0, 0.1) is 10.1 Å². The summed E-state index contributed by atoms with van der Waals surface area (Å²) in [7, 11) is 0. The first-order valence-corrected chi connectivity index (χ1v) is 7.78. The highest BCUT2D eigenvalue weighted by atomic mass is 32.2. The Balaban J connectivity index is 2.62. The fraction of sp³-hybridized carbons (Fsp3) is 0.571. The maximum atomic E-state index is 11.0. The van der Waals surface area contributed by atoms with Crippen molar-refractivity contribution in [2.75, 3.05) is 11.5 Å². The van der Waals surface area contributed by atoms with E-state index in [0.717, 1.165) is 23.5 Å². The molecular formula is C14H22N2O2S. The average molecular weight is 282 g/mol. The van der Waals surface area contributed by atoms with Crippen LogP contribution in [0.5, 0.6) is 0 Å². The van der Waals surface area contributed by atoms with Crippen molar-refractivity contribution in [2.45, 2.75) is 39.3 Å². The molecule has 5 heteroatoms. The summed E-state index contributed by atoms with van der Waals surface area (Å²) in [4.78, 5) is 10.7. The van der Waals surface area contributed by atoms with Crippen molar-refractivity contribution in [2.24, 2.45) is 0 Å². The third-order valence-corrected chi connectivity index (χ3v) is 3.97. The summed E-state index contributed by atoms with van der Waals surface area (Å²) in [6.45, 7) is 6.26. The maximum absolute atomic E-state index is 11.0. The van der Waals surface area contributed by atoms with Crippen LogP contribution in [0.2, 0.25) is 0 Å². The van der Waals surface area contributed by atoms with Gasteiger partial charge in [0.05, 0.1) is 4.92 Å². The van der Waals surface area contributed by atoms with Gasteiger partial charge in [-0.1, -0.05) is 25.1 Å². The molecule has 0 aliphatic heterocycles. The molecule has 19 heavy (non-hydrogen) atoms. The molecule has 0 aliphatic rings. The molecule has 0 aromatic heterocycles. The molecular weight excluding hydrogens is 260 g/mol. The van der Waals surface area contributed by atoms with Gasteiger partial charge in [0.1, 0.15) is 0 Å². The van der Waals surface area contributed by atoms with Crippen LogP contribution in [-0.2, 0) is 0 Å². The minimum Gasteiger partial charge on any atom is -0.307 e. The van der Waals surface area contributed by atoms with Crippen LogP contribution in [0.3, 0.4) is 0 Å². The number of nitrogens with zero attached hydrogens (tertiary/aromatic N) is 1. The van der Waals surface area contributed by atoms with Crippen molar-refractivity contribution in [1.29, 1.82) is 0 Å². The molecule has 0 radical (unpaired) electrons. The molecule has 1 rings (SSSR count). The molecule has 0 bridgehead atoms. The molecule has 1 N–H and O–H groups in total. The number of para-hydroxylation sites is 1. The van der Waals surface area contributed by atoms with Gasteiger partial charge in [0.25, 0.3) is 5.69 Å². The molecule has 2 atom stereocenters. The van der Waals surface area contributed by atoms with Crippen molar-refractivity contribution in [1.82, 2.24) is 5.32 Å².